The molecule has 1 amide bonds. The Kier molecular flexibility index (Phi) is 6.87. The van der Waals surface area contributed by atoms with Crippen LogP contribution in [0.5, 0.6) is 0 Å². The highest BCUT2D eigenvalue weighted by Gasteiger charge is 2.04. The van der Waals surface area contributed by atoms with Crippen molar-refractivity contribution in [2.45, 2.75) is 26.2 Å². The fourth-order valence-corrected chi connectivity index (χ4v) is 2.88. The van der Waals surface area contributed by atoms with Gasteiger partial charge in [0.2, 0.25) is 5.91 Å². The van der Waals surface area contributed by atoms with Crippen LogP contribution in [0.1, 0.15) is 30.9 Å². The summed E-state index contributed by atoms with van der Waals surface area (Å²) >= 11 is 9.44. The van der Waals surface area contributed by atoms with Crippen LogP contribution in [0, 0.1) is 0 Å². The molecule has 0 bridgehead atoms. The molecule has 23 heavy (non-hydrogen) atoms. The van der Waals surface area contributed by atoms with Gasteiger partial charge in [0, 0.05) is 15.6 Å². The first-order valence-electron chi connectivity index (χ1n) is 7.61. The van der Waals surface area contributed by atoms with E-state index in [0.717, 1.165) is 22.1 Å². The standard InChI is InChI=1S/C19H19BrClNO/c1-2-3-5-15-8-10-18(17(20)13-15)22-19(23)11-9-14-6-4-7-16(21)12-14/h4,6-13H,2-3,5H2,1H3,(H,22,23)/b11-9+. The lowest BCUT2D eigenvalue weighted by atomic mass is 10.1. The number of anilines is 1. The molecular weight excluding hydrogens is 374 g/mol. The number of hydrogen-bond acceptors (Lipinski definition) is 1. The monoisotopic (exact) mass is 391 g/mol. The molecule has 0 saturated heterocycles. The third kappa shape index (κ3) is 5.85. The Labute approximate surface area is 150 Å². The van der Waals surface area contributed by atoms with Crippen LogP contribution in [-0.2, 0) is 11.2 Å². The highest BCUT2D eigenvalue weighted by molar-refractivity contribution is 9.10. The quantitative estimate of drug-likeness (QED) is 0.591. The normalized spacial score (nSPS) is 10.9. The molecule has 2 aromatic rings. The molecule has 4 heteroatoms. The molecule has 0 saturated carbocycles. The van der Waals surface area contributed by atoms with E-state index in [1.165, 1.54) is 24.5 Å². The van der Waals surface area contributed by atoms with Crippen LogP contribution in [0.15, 0.2) is 53.0 Å². The van der Waals surface area contributed by atoms with Gasteiger partial charge in [-0.05, 0) is 70.2 Å². The first kappa shape index (κ1) is 17.8. The summed E-state index contributed by atoms with van der Waals surface area (Å²) in [5.41, 5.74) is 2.93. The van der Waals surface area contributed by atoms with Gasteiger partial charge in [0.15, 0.2) is 0 Å². The molecule has 0 aliphatic rings. The van der Waals surface area contributed by atoms with Crippen LogP contribution in [0.3, 0.4) is 0 Å². The number of hydrogen-bond donors (Lipinski definition) is 1. The van der Waals surface area contributed by atoms with Crippen molar-refractivity contribution in [1.82, 2.24) is 0 Å². The topological polar surface area (TPSA) is 29.1 Å². The van der Waals surface area contributed by atoms with E-state index in [1.54, 1.807) is 12.1 Å². The zero-order chi connectivity index (χ0) is 16.7. The average Bonchev–Trinajstić information content (AvgIpc) is 2.53. The molecule has 2 aromatic carbocycles. The highest BCUT2D eigenvalue weighted by atomic mass is 79.9. The second-order valence-electron chi connectivity index (χ2n) is 5.30. The number of nitrogens with one attached hydrogen (secondary N) is 1. The maximum absolute atomic E-state index is 12.0. The van der Waals surface area contributed by atoms with Crippen molar-refractivity contribution in [2.24, 2.45) is 0 Å². The van der Waals surface area contributed by atoms with Crippen molar-refractivity contribution in [1.29, 1.82) is 0 Å². The summed E-state index contributed by atoms with van der Waals surface area (Å²) in [6, 6.07) is 13.4. The molecule has 1 N–H and O–H groups in total. The zero-order valence-electron chi connectivity index (χ0n) is 13.0. The van der Waals surface area contributed by atoms with Gasteiger partial charge < -0.3 is 5.32 Å². The van der Waals surface area contributed by atoms with Crippen molar-refractivity contribution in [3.05, 3.63) is 69.2 Å². The van der Waals surface area contributed by atoms with Crippen LogP contribution in [0.2, 0.25) is 5.02 Å². The van der Waals surface area contributed by atoms with Gasteiger partial charge in [-0.25, -0.2) is 0 Å². The Morgan fingerprint density at radius 2 is 2.09 bits per heavy atom. The van der Waals surface area contributed by atoms with E-state index < -0.39 is 0 Å². The maximum atomic E-state index is 12.0. The Hall–Kier alpha value is -1.58. The van der Waals surface area contributed by atoms with Gasteiger partial charge in [-0.1, -0.05) is 43.1 Å². The summed E-state index contributed by atoms with van der Waals surface area (Å²) in [6.07, 6.45) is 6.64. The number of carbonyl (C=O) groups excluding carboxylic acids is 1. The highest BCUT2D eigenvalue weighted by Crippen LogP contribution is 2.24. The summed E-state index contributed by atoms with van der Waals surface area (Å²) in [5, 5.41) is 3.52. The van der Waals surface area contributed by atoms with Gasteiger partial charge in [0.05, 0.1) is 5.69 Å². The molecule has 0 radical (unpaired) electrons. The second kappa shape index (κ2) is 8.90. The van der Waals surface area contributed by atoms with Crippen LogP contribution >= 0.6 is 27.5 Å². The molecule has 0 aliphatic heterocycles. The molecule has 120 valence electrons. The molecule has 0 aromatic heterocycles. The largest absolute Gasteiger partial charge is 0.321 e. The average molecular weight is 393 g/mol. The summed E-state index contributed by atoms with van der Waals surface area (Å²) in [6.45, 7) is 2.18. The van der Waals surface area contributed by atoms with E-state index in [9.17, 15) is 4.79 Å². The summed E-state index contributed by atoms with van der Waals surface area (Å²) in [4.78, 5) is 12.0. The molecule has 0 fully saturated rings. The smallest absolute Gasteiger partial charge is 0.248 e. The van der Waals surface area contributed by atoms with Gasteiger partial charge in [-0.3, -0.25) is 4.79 Å². The Morgan fingerprint density at radius 1 is 1.26 bits per heavy atom. The minimum atomic E-state index is -0.174. The van der Waals surface area contributed by atoms with Crippen molar-refractivity contribution in [3.8, 4) is 0 Å². The van der Waals surface area contributed by atoms with E-state index in [1.807, 2.05) is 24.3 Å². The first-order valence-corrected chi connectivity index (χ1v) is 8.78. The van der Waals surface area contributed by atoms with Gasteiger partial charge in [-0.2, -0.15) is 0 Å². The number of rotatable bonds is 6. The lowest BCUT2D eigenvalue weighted by molar-refractivity contribution is -0.111. The zero-order valence-corrected chi connectivity index (χ0v) is 15.3. The van der Waals surface area contributed by atoms with E-state index in [-0.39, 0.29) is 5.91 Å². The Balaban J connectivity index is 1.99. The molecule has 0 heterocycles. The first-order chi connectivity index (χ1) is 11.1. The van der Waals surface area contributed by atoms with Crippen LogP contribution < -0.4 is 5.32 Å². The fourth-order valence-electron chi connectivity index (χ4n) is 2.15. The summed E-state index contributed by atoms with van der Waals surface area (Å²) < 4.78 is 0.899. The summed E-state index contributed by atoms with van der Waals surface area (Å²) in [7, 11) is 0. The number of aryl methyl sites for hydroxylation is 1. The second-order valence-corrected chi connectivity index (χ2v) is 6.59. The van der Waals surface area contributed by atoms with Gasteiger partial charge in [0.25, 0.3) is 0 Å². The predicted octanol–water partition coefficient (Wildman–Crippen LogP) is 6.10. The van der Waals surface area contributed by atoms with Crippen molar-refractivity contribution >= 4 is 45.2 Å². The van der Waals surface area contributed by atoms with E-state index in [4.69, 9.17) is 11.6 Å². The lowest BCUT2D eigenvalue weighted by Crippen LogP contribution is -2.08. The number of halogens is 2. The van der Waals surface area contributed by atoms with Crippen molar-refractivity contribution < 1.29 is 4.79 Å². The molecule has 2 rings (SSSR count). The van der Waals surface area contributed by atoms with Crippen molar-refractivity contribution in [2.75, 3.05) is 5.32 Å². The fraction of sp³-hybridized carbons (Fsp3) is 0.211. The minimum Gasteiger partial charge on any atom is -0.321 e. The van der Waals surface area contributed by atoms with Crippen LogP contribution in [0.4, 0.5) is 5.69 Å². The predicted molar refractivity (Wildman–Crippen MR) is 102 cm³/mol. The van der Waals surface area contributed by atoms with Crippen LogP contribution in [0.25, 0.3) is 6.08 Å². The SMILES string of the molecule is CCCCc1ccc(NC(=O)/C=C/c2cccc(Cl)c2)c(Br)c1. The number of unbranched alkanes of at least 4 members (excludes halogenated alkanes) is 1. The molecule has 0 aliphatic carbocycles. The Bertz CT molecular complexity index is 712. The van der Waals surface area contributed by atoms with Gasteiger partial charge in [-0.15, -0.1) is 0 Å². The van der Waals surface area contributed by atoms with E-state index in [0.29, 0.717) is 5.02 Å². The Morgan fingerprint density at radius 3 is 2.78 bits per heavy atom. The molecule has 0 atom stereocenters. The number of amides is 1. The van der Waals surface area contributed by atoms with Crippen molar-refractivity contribution in [3.63, 3.8) is 0 Å². The number of carbonyl (C=O) groups is 1. The molecule has 0 unspecified atom stereocenters. The van der Waals surface area contributed by atoms with E-state index >= 15 is 0 Å². The maximum Gasteiger partial charge on any atom is 0.248 e. The molecule has 2 nitrogen and oxygen atoms in total. The van der Waals surface area contributed by atoms with Gasteiger partial charge >= 0.3 is 0 Å². The molecular formula is C19H19BrClNO. The number of benzene rings is 2. The van der Waals surface area contributed by atoms with Gasteiger partial charge in [0.1, 0.15) is 0 Å². The minimum absolute atomic E-state index is 0.174. The van der Waals surface area contributed by atoms with E-state index in [2.05, 4.69) is 40.3 Å². The lowest BCUT2D eigenvalue weighted by Gasteiger charge is -2.08. The summed E-state index contributed by atoms with van der Waals surface area (Å²) in [5.74, 6) is -0.174. The molecule has 0 spiro atoms. The third-order valence-corrected chi connectivity index (χ3v) is 4.28. The van der Waals surface area contributed by atoms with Crippen LogP contribution in [-0.4, -0.2) is 5.91 Å². The third-order valence-electron chi connectivity index (χ3n) is 3.39.